The number of benzene rings is 1. The van der Waals surface area contributed by atoms with Gasteiger partial charge in [-0.15, -0.1) is 5.10 Å². The first-order valence-corrected chi connectivity index (χ1v) is 11.0. The van der Waals surface area contributed by atoms with Crippen molar-refractivity contribution < 1.29 is 14.2 Å². The molecule has 0 amide bonds. The lowest BCUT2D eigenvalue weighted by molar-refractivity contribution is -0.0389. The number of nitrogens with zero attached hydrogens (tertiary/aromatic N) is 6. The van der Waals surface area contributed by atoms with Crippen LogP contribution in [-0.4, -0.2) is 66.1 Å². The molecule has 0 radical (unpaired) electrons. The molecule has 1 aliphatic heterocycles. The van der Waals surface area contributed by atoms with Crippen molar-refractivity contribution in [3.8, 4) is 32.9 Å². The van der Waals surface area contributed by atoms with E-state index in [0.717, 1.165) is 24.3 Å². The molecule has 4 atom stereocenters. The molecule has 2 fully saturated rings. The number of aryl methyl sites for hydroxylation is 1. The molecule has 1 saturated heterocycles. The molecule has 5 rings (SSSR count). The number of fused-ring (bicyclic) bond motifs is 2. The van der Waals surface area contributed by atoms with Crippen LogP contribution in [0.1, 0.15) is 20.3 Å². The van der Waals surface area contributed by atoms with Crippen LogP contribution in [0.25, 0.3) is 22.0 Å². The molecule has 2 aromatic heterocycles. The van der Waals surface area contributed by atoms with E-state index in [1.165, 1.54) is 17.0 Å². The van der Waals surface area contributed by atoms with Gasteiger partial charge < -0.3 is 9.84 Å². The van der Waals surface area contributed by atoms with Crippen LogP contribution in [0.15, 0.2) is 29.3 Å². The number of alkyl halides is 1. The summed E-state index contributed by atoms with van der Waals surface area (Å²) < 4.78 is 22.5. The number of hydrogen-bond donors (Lipinski definition) is 1. The second-order valence-corrected chi connectivity index (χ2v) is 10.1. The number of phenols is 1. The number of likely N-dealkylation sites (tertiary alicyclic amines) is 1. The predicted octanol–water partition coefficient (Wildman–Crippen LogP) is 2.27. The summed E-state index contributed by atoms with van der Waals surface area (Å²) in [6.45, 7) is 4.74. The normalized spacial score (nSPS) is 29.5. The highest BCUT2D eigenvalue weighted by Crippen LogP contribution is 2.56. The van der Waals surface area contributed by atoms with E-state index in [4.69, 9.17) is 4.74 Å². The summed E-state index contributed by atoms with van der Waals surface area (Å²) in [7, 11) is 3.50. The molecule has 0 spiro atoms. The van der Waals surface area contributed by atoms with Gasteiger partial charge in [0.2, 0.25) is 0 Å². The second-order valence-electron chi connectivity index (χ2n) is 9.16. The lowest BCUT2D eigenvalue weighted by atomic mass is 9.87. The number of hydrogen-bond acceptors (Lipinski definition) is 9. The van der Waals surface area contributed by atoms with Gasteiger partial charge in [-0.2, -0.15) is 4.98 Å². The van der Waals surface area contributed by atoms with Gasteiger partial charge in [0.25, 0.3) is 5.19 Å². The number of aromatic hydroxyl groups is 1. The zero-order valence-electron chi connectivity index (χ0n) is 18.1. The molecule has 168 valence electrons. The fourth-order valence-electron chi connectivity index (χ4n) is 4.97. The van der Waals surface area contributed by atoms with Crippen LogP contribution in [-0.2, 0) is 7.05 Å². The van der Waals surface area contributed by atoms with E-state index in [9.17, 15) is 9.90 Å². The molecule has 3 aromatic rings. The van der Waals surface area contributed by atoms with E-state index in [-0.39, 0.29) is 22.2 Å². The van der Waals surface area contributed by atoms with Crippen molar-refractivity contribution >= 4 is 11.3 Å². The molecule has 2 bridgehead atoms. The lowest BCUT2D eigenvalue weighted by Gasteiger charge is -2.41. The van der Waals surface area contributed by atoms with E-state index in [1.54, 1.807) is 19.2 Å². The maximum Gasteiger partial charge on any atom is 0.350 e. The zero-order valence-corrected chi connectivity index (χ0v) is 18.9. The van der Waals surface area contributed by atoms with Crippen LogP contribution >= 0.6 is 11.3 Å². The maximum absolute atomic E-state index is 15.2. The van der Waals surface area contributed by atoms with Gasteiger partial charge >= 0.3 is 5.69 Å². The highest BCUT2D eigenvalue weighted by atomic mass is 32.1. The lowest BCUT2D eigenvalue weighted by Crippen LogP contribution is -2.56. The summed E-state index contributed by atoms with van der Waals surface area (Å²) in [6.07, 6.45) is 0.361. The van der Waals surface area contributed by atoms with Gasteiger partial charge in [-0.1, -0.05) is 29.4 Å². The standard InChI is InChI=1S/C21H23FN6O3S/c1-20-8-21(2,28(4)9-20)14(22)15(20)31-19-26-25-17(32-19)12-6-5-11(7-13(12)29)16-23-10-27(3)18(30)24-16/h5-7,10,14-15,29H,8-9H2,1-4H3/t14-,15+,20-,21-/m1/s1. The molecule has 0 unspecified atom stereocenters. The molecule has 32 heavy (non-hydrogen) atoms. The molecule has 9 nitrogen and oxygen atoms in total. The highest BCUT2D eigenvalue weighted by molar-refractivity contribution is 7.16. The highest BCUT2D eigenvalue weighted by Gasteiger charge is 2.66. The number of halogens is 1. The van der Waals surface area contributed by atoms with Crippen molar-refractivity contribution in [2.75, 3.05) is 13.6 Å². The minimum Gasteiger partial charge on any atom is -0.507 e. The fourth-order valence-corrected chi connectivity index (χ4v) is 5.73. The van der Waals surface area contributed by atoms with Gasteiger partial charge in [-0.05, 0) is 32.5 Å². The first-order chi connectivity index (χ1) is 15.1. The van der Waals surface area contributed by atoms with Crippen LogP contribution in [0.4, 0.5) is 4.39 Å². The van der Waals surface area contributed by atoms with Crippen molar-refractivity contribution in [1.82, 2.24) is 29.6 Å². The van der Waals surface area contributed by atoms with Gasteiger partial charge in [-0.25, -0.2) is 14.2 Å². The molecule has 3 heterocycles. The number of aromatic nitrogens is 5. The average molecular weight is 459 g/mol. The van der Waals surface area contributed by atoms with Crippen molar-refractivity contribution in [3.63, 3.8) is 0 Å². The Labute approximate surface area is 187 Å². The minimum atomic E-state index is -1.13. The Balaban J connectivity index is 1.38. The third-order valence-corrected chi connectivity index (χ3v) is 7.60. The Hall–Kier alpha value is -2.92. The number of phenolic OH excluding ortho intramolecular Hbond substituents is 1. The van der Waals surface area contributed by atoms with E-state index in [1.807, 2.05) is 20.9 Å². The molecule has 1 saturated carbocycles. The van der Waals surface area contributed by atoms with Gasteiger partial charge in [-0.3, -0.25) is 9.47 Å². The summed E-state index contributed by atoms with van der Waals surface area (Å²) in [4.78, 5) is 21.8. The van der Waals surface area contributed by atoms with E-state index in [2.05, 4.69) is 25.1 Å². The molecular weight excluding hydrogens is 435 g/mol. The minimum absolute atomic E-state index is 0.0566. The van der Waals surface area contributed by atoms with Crippen LogP contribution in [0, 0.1) is 5.41 Å². The van der Waals surface area contributed by atoms with Crippen molar-refractivity contribution in [2.45, 2.75) is 38.1 Å². The van der Waals surface area contributed by atoms with Gasteiger partial charge in [0.05, 0.1) is 11.1 Å². The third kappa shape index (κ3) is 3.10. The third-order valence-electron chi connectivity index (χ3n) is 6.76. The molecular formula is C21H23FN6O3S. The summed E-state index contributed by atoms with van der Waals surface area (Å²) in [5.74, 6) is 0.159. The van der Waals surface area contributed by atoms with Gasteiger partial charge in [0.1, 0.15) is 18.2 Å². The Bertz CT molecular complexity index is 1260. The summed E-state index contributed by atoms with van der Waals surface area (Å²) in [6, 6.07) is 4.82. The van der Waals surface area contributed by atoms with Crippen molar-refractivity contribution in [3.05, 3.63) is 35.0 Å². The Kier molecular flexibility index (Phi) is 4.61. The van der Waals surface area contributed by atoms with Gasteiger partial charge in [0, 0.05) is 24.6 Å². The molecule has 11 heteroatoms. The summed E-state index contributed by atoms with van der Waals surface area (Å²) in [5.41, 5.74) is -0.331. The number of rotatable bonds is 4. The van der Waals surface area contributed by atoms with Crippen LogP contribution < -0.4 is 10.4 Å². The van der Waals surface area contributed by atoms with E-state index < -0.39 is 23.5 Å². The zero-order chi connectivity index (χ0) is 22.8. The quantitative estimate of drug-likeness (QED) is 0.635. The van der Waals surface area contributed by atoms with Crippen LogP contribution in [0.3, 0.4) is 0 Å². The molecule has 2 aliphatic rings. The van der Waals surface area contributed by atoms with Gasteiger partial charge in [0.15, 0.2) is 17.0 Å². The Morgan fingerprint density at radius 1 is 1.28 bits per heavy atom. The second kappa shape index (κ2) is 7.04. The Morgan fingerprint density at radius 2 is 2.06 bits per heavy atom. The SMILES string of the molecule is CN1C[C@@]2(C)C[C@]1(C)[C@H](F)[C@@H]2Oc1nnc(-c2ccc(-c3ncn(C)c(=O)n3)cc2O)s1. The summed E-state index contributed by atoms with van der Waals surface area (Å²) >= 11 is 1.15. The maximum atomic E-state index is 15.2. The molecule has 1 aromatic carbocycles. The predicted molar refractivity (Wildman–Crippen MR) is 116 cm³/mol. The van der Waals surface area contributed by atoms with E-state index >= 15 is 4.39 Å². The van der Waals surface area contributed by atoms with Crippen LogP contribution in [0.5, 0.6) is 10.9 Å². The van der Waals surface area contributed by atoms with Crippen molar-refractivity contribution in [1.29, 1.82) is 0 Å². The van der Waals surface area contributed by atoms with E-state index in [0.29, 0.717) is 16.1 Å². The Morgan fingerprint density at radius 3 is 2.72 bits per heavy atom. The number of piperidine rings is 1. The van der Waals surface area contributed by atoms with Crippen LogP contribution in [0.2, 0.25) is 0 Å². The number of ether oxygens (including phenoxy) is 1. The largest absolute Gasteiger partial charge is 0.507 e. The fraction of sp³-hybridized carbons (Fsp3) is 0.476. The topological polar surface area (TPSA) is 106 Å². The first-order valence-electron chi connectivity index (χ1n) is 10.2. The molecule has 1 aliphatic carbocycles. The summed E-state index contributed by atoms with van der Waals surface area (Å²) in [5, 5.41) is 19.5. The smallest absolute Gasteiger partial charge is 0.350 e. The average Bonchev–Trinajstić information content (AvgIpc) is 3.35. The monoisotopic (exact) mass is 458 g/mol. The van der Waals surface area contributed by atoms with Crippen molar-refractivity contribution in [2.24, 2.45) is 12.5 Å². The molecule has 1 N–H and O–H groups in total. The first kappa shape index (κ1) is 21.0.